The normalized spacial score (nSPS) is 14.2. The lowest BCUT2D eigenvalue weighted by atomic mass is 9.94. The van der Waals surface area contributed by atoms with E-state index in [2.05, 4.69) is 5.32 Å². The number of aromatic nitrogens is 1. The molecular weight excluding hydrogens is 250 g/mol. The zero-order valence-corrected chi connectivity index (χ0v) is 12.2. The Hall–Kier alpha value is -1.94. The first-order valence-corrected chi connectivity index (χ1v) is 6.93. The molecule has 1 aromatic heterocycles. The summed E-state index contributed by atoms with van der Waals surface area (Å²) >= 11 is 0. The van der Waals surface area contributed by atoms with E-state index in [1.807, 2.05) is 25.1 Å². The maximum Gasteiger partial charge on any atom is 0.254 e. The predicted octanol–water partition coefficient (Wildman–Crippen LogP) is 1.89. The zero-order valence-electron chi connectivity index (χ0n) is 12.2. The molecule has 1 aliphatic heterocycles. The molecule has 0 spiro atoms. The first kappa shape index (κ1) is 13.1. The Balaban J connectivity index is 2.38. The van der Waals surface area contributed by atoms with Crippen LogP contribution >= 0.6 is 0 Å². The number of para-hydroxylation sites is 1. The van der Waals surface area contributed by atoms with Gasteiger partial charge in [-0.2, -0.15) is 0 Å². The zero-order chi connectivity index (χ0) is 14.3. The number of aryl methyl sites for hydroxylation is 1. The Labute approximate surface area is 118 Å². The van der Waals surface area contributed by atoms with E-state index >= 15 is 0 Å². The molecule has 2 heterocycles. The van der Waals surface area contributed by atoms with Crippen molar-refractivity contribution < 1.29 is 4.79 Å². The van der Waals surface area contributed by atoms with Crippen LogP contribution in [-0.2, 0) is 13.0 Å². The average molecular weight is 269 g/mol. The minimum Gasteiger partial charge on any atom is -0.345 e. The van der Waals surface area contributed by atoms with Crippen molar-refractivity contribution in [2.45, 2.75) is 19.9 Å². The Bertz CT molecular complexity index is 692. The van der Waals surface area contributed by atoms with Gasteiger partial charge < -0.3 is 10.2 Å². The molecule has 0 saturated carbocycles. The van der Waals surface area contributed by atoms with Gasteiger partial charge in [0.2, 0.25) is 0 Å². The highest BCUT2D eigenvalue weighted by molar-refractivity contribution is 6.08. The number of hydrogen-bond donors (Lipinski definition) is 1. The minimum absolute atomic E-state index is 0.0583. The van der Waals surface area contributed by atoms with Crippen LogP contribution in [0.1, 0.15) is 27.2 Å². The summed E-state index contributed by atoms with van der Waals surface area (Å²) in [6.45, 7) is 3.70. The third-order valence-corrected chi connectivity index (χ3v) is 3.86. The van der Waals surface area contributed by atoms with Gasteiger partial charge >= 0.3 is 0 Å². The number of carbonyl (C=O) groups excluding carboxylic acids is 1. The van der Waals surface area contributed by atoms with E-state index in [-0.39, 0.29) is 5.91 Å². The number of carbonyl (C=O) groups is 1. The summed E-state index contributed by atoms with van der Waals surface area (Å²) in [6.07, 6.45) is 0.882. The van der Waals surface area contributed by atoms with Crippen LogP contribution in [0.5, 0.6) is 0 Å². The third-order valence-electron chi connectivity index (χ3n) is 3.86. The third kappa shape index (κ3) is 1.96. The molecule has 0 radical (unpaired) electrons. The van der Waals surface area contributed by atoms with Crippen LogP contribution in [0.2, 0.25) is 0 Å². The van der Waals surface area contributed by atoms with E-state index in [1.165, 1.54) is 0 Å². The fourth-order valence-electron chi connectivity index (χ4n) is 2.80. The Morgan fingerprint density at radius 3 is 2.90 bits per heavy atom. The molecule has 4 heteroatoms. The lowest BCUT2D eigenvalue weighted by Gasteiger charge is -2.23. The smallest absolute Gasteiger partial charge is 0.254 e. The maximum absolute atomic E-state index is 12.6. The standard InChI is InChI=1S/C16H19N3O/c1-10-5-4-6-11-14(16(20)19(2)3)12-9-17-8-7-13(12)18-15(10)11/h4-6,17H,7-9H2,1-3H3. The van der Waals surface area contributed by atoms with Gasteiger partial charge in [-0.25, -0.2) is 0 Å². The first-order chi connectivity index (χ1) is 9.59. The largest absolute Gasteiger partial charge is 0.345 e. The molecule has 1 aromatic carbocycles. The molecule has 0 unspecified atom stereocenters. The topological polar surface area (TPSA) is 45.2 Å². The van der Waals surface area contributed by atoms with Gasteiger partial charge in [0.05, 0.1) is 11.1 Å². The minimum atomic E-state index is 0.0583. The van der Waals surface area contributed by atoms with Gasteiger partial charge in [0.25, 0.3) is 5.91 Å². The monoisotopic (exact) mass is 269 g/mol. The Morgan fingerprint density at radius 2 is 2.15 bits per heavy atom. The quantitative estimate of drug-likeness (QED) is 0.860. The number of fused-ring (bicyclic) bond motifs is 2. The van der Waals surface area contributed by atoms with Crippen LogP contribution in [0.3, 0.4) is 0 Å². The van der Waals surface area contributed by atoms with Crippen molar-refractivity contribution in [3.8, 4) is 0 Å². The number of nitrogens with one attached hydrogen (secondary N) is 1. The van der Waals surface area contributed by atoms with E-state index in [0.29, 0.717) is 0 Å². The molecule has 0 saturated heterocycles. The predicted molar refractivity (Wildman–Crippen MR) is 79.9 cm³/mol. The molecule has 0 aliphatic carbocycles. The molecule has 20 heavy (non-hydrogen) atoms. The van der Waals surface area contributed by atoms with Crippen LogP contribution in [0, 0.1) is 6.92 Å². The van der Waals surface area contributed by atoms with Crippen LogP contribution in [0.25, 0.3) is 10.9 Å². The van der Waals surface area contributed by atoms with Crippen LogP contribution < -0.4 is 5.32 Å². The first-order valence-electron chi connectivity index (χ1n) is 6.93. The number of nitrogens with zero attached hydrogens (tertiary/aromatic N) is 2. The van der Waals surface area contributed by atoms with Gasteiger partial charge in [-0.3, -0.25) is 9.78 Å². The molecule has 4 nitrogen and oxygen atoms in total. The van der Waals surface area contributed by atoms with Crippen molar-refractivity contribution in [1.82, 2.24) is 15.2 Å². The molecule has 1 aliphatic rings. The van der Waals surface area contributed by atoms with Crippen LogP contribution in [0.15, 0.2) is 18.2 Å². The van der Waals surface area contributed by atoms with Gasteiger partial charge in [-0.15, -0.1) is 0 Å². The molecule has 1 amide bonds. The molecule has 0 atom stereocenters. The average Bonchev–Trinajstić information content (AvgIpc) is 2.45. The van der Waals surface area contributed by atoms with Crippen LogP contribution in [-0.4, -0.2) is 36.4 Å². The molecule has 1 N–H and O–H groups in total. The van der Waals surface area contributed by atoms with Gasteiger partial charge in [0.15, 0.2) is 0 Å². The Morgan fingerprint density at radius 1 is 1.35 bits per heavy atom. The second-order valence-corrected chi connectivity index (χ2v) is 5.51. The molecule has 2 aromatic rings. The molecule has 0 fully saturated rings. The number of hydrogen-bond acceptors (Lipinski definition) is 3. The Kier molecular flexibility index (Phi) is 3.18. The summed E-state index contributed by atoms with van der Waals surface area (Å²) in [5, 5.41) is 4.31. The van der Waals surface area contributed by atoms with E-state index in [1.54, 1.807) is 19.0 Å². The van der Waals surface area contributed by atoms with E-state index in [9.17, 15) is 4.79 Å². The highest BCUT2D eigenvalue weighted by Crippen LogP contribution is 2.28. The summed E-state index contributed by atoms with van der Waals surface area (Å²) < 4.78 is 0. The summed E-state index contributed by atoms with van der Waals surface area (Å²) in [5.74, 6) is 0.0583. The van der Waals surface area contributed by atoms with Crippen molar-refractivity contribution in [3.05, 3.63) is 40.6 Å². The maximum atomic E-state index is 12.6. The SMILES string of the molecule is Cc1cccc2c(C(=O)N(C)C)c3c(nc12)CCNC3. The van der Waals surface area contributed by atoms with Gasteiger partial charge in [0, 0.05) is 50.2 Å². The summed E-state index contributed by atoms with van der Waals surface area (Å²) in [7, 11) is 3.60. The fraction of sp³-hybridized carbons (Fsp3) is 0.375. The summed E-state index contributed by atoms with van der Waals surface area (Å²) in [5.41, 5.74) is 5.02. The number of pyridine rings is 1. The molecule has 3 rings (SSSR count). The molecule has 0 bridgehead atoms. The molecule has 104 valence electrons. The summed E-state index contributed by atoms with van der Waals surface area (Å²) in [4.78, 5) is 19.1. The second-order valence-electron chi connectivity index (χ2n) is 5.51. The second kappa shape index (κ2) is 4.87. The van der Waals surface area contributed by atoms with Gasteiger partial charge in [-0.05, 0) is 12.5 Å². The lowest BCUT2D eigenvalue weighted by molar-refractivity contribution is 0.0828. The van der Waals surface area contributed by atoms with Gasteiger partial charge in [0.1, 0.15) is 0 Å². The number of rotatable bonds is 1. The van der Waals surface area contributed by atoms with Crippen LogP contribution in [0.4, 0.5) is 0 Å². The van der Waals surface area contributed by atoms with Crippen molar-refractivity contribution in [2.75, 3.05) is 20.6 Å². The van der Waals surface area contributed by atoms with Crippen molar-refractivity contribution in [1.29, 1.82) is 0 Å². The molecular formula is C16H19N3O. The fourth-order valence-corrected chi connectivity index (χ4v) is 2.80. The van der Waals surface area contributed by atoms with Gasteiger partial charge in [-0.1, -0.05) is 18.2 Å². The highest BCUT2D eigenvalue weighted by Gasteiger charge is 2.23. The summed E-state index contributed by atoms with van der Waals surface area (Å²) in [6, 6.07) is 6.04. The van der Waals surface area contributed by atoms with E-state index in [4.69, 9.17) is 4.98 Å². The van der Waals surface area contributed by atoms with E-state index in [0.717, 1.165) is 52.8 Å². The lowest BCUT2D eigenvalue weighted by Crippen LogP contribution is -2.30. The van der Waals surface area contributed by atoms with Crippen molar-refractivity contribution in [3.63, 3.8) is 0 Å². The number of benzene rings is 1. The highest BCUT2D eigenvalue weighted by atomic mass is 16.2. The van der Waals surface area contributed by atoms with Crippen molar-refractivity contribution in [2.24, 2.45) is 0 Å². The number of amides is 1. The van der Waals surface area contributed by atoms with E-state index < -0.39 is 0 Å². The van der Waals surface area contributed by atoms with Crippen molar-refractivity contribution >= 4 is 16.8 Å².